The van der Waals surface area contributed by atoms with Gasteiger partial charge in [0.15, 0.2) is 0 Å². The van der Waals surface area contributed by atoms with Crippen LogP contribution >= 0.6 is 15.9 Å². The molecule has 0 aliphatic carbocycles. The van der Waals surface area contributed by atoms with Gasteiger partial charge < -0.3 is 15.6 Å². The molecular weight excluding hydrogens is 322 g/mol. The fourth-order valence-corrected chi connectivity index (χ4v) is 2.46. The molecule has 0 aliphatic rings. The van der Waals surface area contributed by atoms with E-state index >= 15 is 0 Å². The lowest BCUT2D eigenvalue weighted by Gasteiger charge is -2.14. The van der Waals surface area contributed by atoms with Crippen LogP contribution in [0.2, 0.25) is 0 Å². The summed E-state index contributed by atoms with van der Waals surface area (Å²) in [6, 6.07) is 11.9. The molecule has 0 bridgehead atoms. The number of ether oxygens (including phenoxy) is 1. The molecule has 20 heavy (non-hydrogen) atoms. The highest BCUT2D eigenvalue weighted by molar-refractivity contribution is 9.10. The van der Waals surface area contributed by atoms with Crippen molar-refractivity contribution >= 4 is 21.9 Å². The van der Waals surface area contributed by atoms with Crippen molar-refractivity contribution in [1.29, 1.82) is 0 Å². The molecule has 1 unspecified atom stereocenters. The smallest absolute Gasteiger partial charge is 0.335 e. The largest absolute Gasteiger partial charge is 0.496 e. The lowest BCUT2D eigenvalue weighted by molar-refractivity contribution is 0.0697. The molecule has 0 spiro atoms. The van der Waals surface area contributed by atoms with Crippen LogP contribution in [0.15, 0.2) is 46.9 Å². The number of rotatable bonds is 4. The van der Waals surface area contributed by atoms with Crippen molar-refractivity contribution in [2.24, 2.45) is 5.73 Å². The Hall–Kier alpha value is -1.85. The van der Waals surface area contributed by atoms with E-state index in [1.807, 2.05) is 18.2 Å². The van der Waals surface area contributed by atoms with Gasteiger partial charge in [0.1, 0.15) is 5.75 Å². The Morgan fingerprint density at radius 2 is 1.80 bits per heavy atom. The van der Waals surface area contributed by atoms with Crippen LogP contribution in [0, 0.1) is 0 Å². The first-order valence-electron chi connectivity index (χ1n) is 5.95. The molecule has 0 radical (unpaired) electrons. The third-order valence-electron chi connectivity index (χ3n) is 3.05. The summed E-state index contributed by atoms with van der Waals surface area (Å²) in [6.45, 7) is 0. The average molecular weight is 336 g/mol. The number of carbonyl (C=O) groups is 1. The molecule has 2 aromatic rings. The quantitative estimate of drug-likeness (QED) is 0.899. The van der Waals surface area contributed by atoms with E-state index in [2.05, 4.69) is 15.9 Å². The average Bonchev–Trinajstić information content (AvgIpc) is 2.46. The molecule has 0 heterocycles. The second-order valence-corrected chi connectivity index (χ2v) is 5.15. The van der Waals surface area contributed by atoms with Crippen LogP contribution < -0.4 is 10.5 Å². The maximum Gasteiger partial charge on any atom is 0.335 e. The van der Waals surface area contributed by atoms with Gasteiger partial charge in [-0.25, -0.2) is 4.79 Å². The van der Waals surface area contributed by atoms with Crippen LogP contribution in [0.1, 0.15) is 27.5 Å². The number of nitrogens with two attached hydrogens (primary N) is 1. The zero-order valence-electron chi connectivity index (χ0n) is 10.8. The molecule has 0 fully saturated rings. The van der Waals surface area contributed by atoms with Gasteiger partial charge in [0, 0.05) is 0 Å². The van der Waals surface area contributed by atoms with Gasteiger partial charge in [-0.05, 0) is 51.3 Å². The van der Waals surface area contributed by atoms with E-state index in [1.54, 1.807) is 31.4 Å². The van der Waals surface area contributed by atoms with Crippen LogP contribution in [0.3, 0.4) is 0 Å². The van der Waals surface area contributed by atoms with Crippen molar-refractivity contribution in [3.8, 4) is 5.75 Å². The molecule has 2 rings (SSSR count). The topological polar surface area (TPSA) is 72.5 Å². The van der Waals surface area contributed by atoms with Gasteiger partial charge in [-0.2, -0.15) is 0 Å². The standard InChI is InChI=1S/C15H14BrNO3/c1-20-13-7-6-11(8-12(13)16)14(17)9-2-4-10(5-3-9)15(18)19/h2-8,14H,17H2,1H3,(H,18,19). The molecule has 5 heteroatoms. The Bertz CT molecular complexity index is 626. The number of carboxylic acid groups (broad SMARTS) is 1. The fourth-order valence-electron chi connectivity index (χ4n) is 1.90. The SMILES string of the molecule is COc1ccc(C(N)c2ccc(C(=O)O)cc2)cc1Br. The first kappa shape index (κ1) is 14.6. The zero-order chi connectivity index (χ0) is 14.7. The summed E-state index contributed by atoms with van der Waals surface area (Å²) in [7, 11) is 1.60. The summed E-state index contributed by atoms with van der Waals surface area (Å²) in [5.74, 6) is -0.209. The Kier molecular flexibility index (Phi) is 4.42. The molecule has 2 aromatic carbocycles. The minimum Gasteiger partial charge on any atom is -0.496 e. The minimum atomic E-state index is -0.947. The van der Waals surface area contributed by atoms with Crippen molar-refractivity contribution in [2.75, 3.05) is 7.11 Å². The molecule has 0 aromatic heterocycles. The molecule has 3 N–H and O–H groups in total. The number of carboxylic acids is 1. The minimum absolute atomic E-state index is 0.247. The Balaban J connectivity index is 2.28. The van der Waals surface area contributed by atoms with E-state index in [1.165, 1.54) is 0 Å². The molecule has 0 saturated carbocycles. The number of benzene rings is 2. The summed E-state index contributed by atoms with van der Waals surface area (Å²) < 4.78 is 6.00. The first-order chi connectivity index (χ1) is 9.52. The van der Waals surface area contributed by atoms with Crippen LogP contribution in [-0.2, 0) is 0 Å². The summed E-state index contributed by atoms with van der Waals surface area (Å²) in [5, 5.41) is 8.87. The number of methoxy groups -OCH3 is 1. The summed E-state index contributed by atoms with van der Waals surface area (Å²) in [6.07, 6.45) is 0. The molecule has 4 nitrogen and oxygen atoms in total. The van der Waals surface area contributed by atoms with Gasteiger partial charge in [0.05, 0.1) is 23.2 Å². The highest BCUT2D eigenvalue weighted by atomic mass is 79.9. The van der Waals surface area contributed by atoms with Crippen LogP contribution in [0.4, 0.5) is 0 Å². The monoisotopic (exact) mass is 335 g/mol. The van der Waals surface area contributed by atoms with Crippen LogP contribution in [-0.4, -0.2) is 18.2 Å². The summed E-state index contributed by atoms with van der Waals surface area (Å²) >= 11 is 3.42. The third kappa shape index (κ3) is 3.00. The molecule has 0 amide bonds. The summed E-state index contributed by atoms with van der Waals surface area (Å²) in [5.41, 5.74) is 8.21. The predicted molar refractivity (Wildman–Crippen MR) is 80.1 cm³/mol. The third-order valence-corrected chi connectivity index (χ3v) is 3.67. The van der Waals surface area contributed by atoms with Crippen molar-refractivity contribution in [3.05, 3.63) is 63.6 Å². The van der Waals surface area contributed by atoms with Crippen LogP contribution in [0.5, 0.6) is 5.75 Å². The van der Waals surface area contributed by atoms with Gasteiger partial charge in [-0.15, -0.1) is 0 Å². The fraction of sp³-hybridized carbons (Fsp3) is 0.133. The van der Waals surface area contributed by atoms with E-state index in [0.29, 0.717) is 0 Å². The Morgan fingerprint density at radius 1 is 1.20 bits per heavy atom. The highest BCUT2D eigenvalue weighted by Gasteiger charge is 2.12. The highest BCUT2D eigenvalue weighted by Crippen LogP contribution is 2.29. The van der Waals surface area contributed by atoms with E-state index in [-0.39, 0.29) is 11.6 Å². The van der Waals surface area contributed by atoms with Gasteiger partial charge in [0.25, 0.3) is 0 Å². The van der Waals surface area contributed by atoms with Crippen molar-refractivity contribution < 1.29 is 14.6 Å². The van der Waals surface area contributed by atoms with E-state index < -0.39 is 5.97 Å². The van der Waals surface area contributed by atoms with Gasteiger partial charge >= 0.3 is 5.97 Å². The first-order valence-corrected chi connectivity index (χ1v) is 6.74. The van der Waals surface area contributed by atoms with E-state index in [9.17, 15) is 4.79 Å². The molecule has 104 valence electrons. The van der Waals surface area contributed by atoms with Crippen LogP contribution in [0.25, 0.3) is 0 Å². The van der Waals surface area contributed by atoms with E-state index in [0.717, 1.165) is 21.3 Å². The van der Waals surface area contributed by atoms with Gasteiger partial charge in [0.2, 0.25) is 0 Å². The molecular formula is C15H14BrNO3. The maximum atomic E-state index is 10.8. The number of hydrogen-bond acceptors (Lipinski definition) is 3. The zero-order valence-corrected chi connectivity index (χ0v) is 12.4. The lowest BCUT2D eigenvalue weighted by atomic mass is 9.98. The Labute approximate surface area is 125 Å². The van der Waals surface area contributed by atoms with E-state index in [4.69, 9.17) is 15.6 Å². The molecule has 0 aliphatic heterocycles. The second kappa shape index (κ2) is 6.07. The molecule has 0 saturated heterocycles. The Morgan fingerprint density at radius 3 is 2.30 bits per heavy atom. The number of hydrogen-bond donors (Lipinski definition) is 2. The number of aromatic carboxylic acids is 1. The lowest BCUT2D eigenvalue weighted by Crippen LogP contribution is -2.12. The van der Waals surface area contributed by atoms with Gasteiger partial charge in [-0.3, -0.25) is 0 Å². The molecule has 1 atom stereocenters. The van der Waals surface area contributed by atoms with Crippen molar-refractivity contribution in [3.63, 3.8) is 0 Å². The second-order valence-electron chi connectivity index (χ2n) is 4.30. The van der Waals surface area contributed by atoms with Gasteiger partial charge in [-0.1, -0.05) is 18.2 Å². The summed E-state index contributed by atoms with van der Waals surface area (Å²) in [4.78, 5) is 10.8. The number of halogens is 1. The normalized spacial score (nSPS) is 11.9. The maximum absolute atomic E-state index is 10.8. The van der Waals surface area contributed by atoms with Crippen molar-refractivity contribution in [2.45, 2.75) is 6.04 Å². The predicted octanol–water partition coefficient (Wildman–Crippen LogP) is 3.20. The van der Waals surface area contributed by atoms with Crippen molar-refractivity contribution in [1.82, 2.24) is 0 Å².